The van der Waals surface area contributed by atoms with Gasteiger partial charge in [0.15, 0.2) is 8.15 Å². The molecule has 0 aliphatic rings. The number of hydrogen-bond acceptors (Lipinski definition) is 2. The van der Waals surface area contributed by atoms with Crippen molar-refractivity contribution in [2.75, 3.05) is 0 Å². The normalized spacial score (nSPS) is 17.0. The molecule has 0 amide bonds. The van der Waals surface area contributed by atoms with Crippen molar-refractivity contribution in [1.82, 2.24) is 0 Å². The molecule has 0 fully saturated rings. The summed E-state index contributed by atoms with van der Waals surface area (Å²) < 4.78 is 9.77. The highest BCUT2D eigenvalue weighted by Crippen LogP contribution is 2.68. The minimum Gasteiger partial charge on any atom is -0.308 e. The molecule has 0 aromatic heterocycles. The van der Waals surface area contributed by atoms with Crippen molar-refractivity contribution in [2.45, 2.75) is 0 Å². The van der Waals surface area contributed by atoms with E-state index >= 15 is 0 Å². The van der Waals surface area contributed by atoms with Gasteiger partial charge in [-0.05, 0) is 8.42 Å². The van der Waals surface area contributed by atoms with Gasteiger partial charge in [-0.2, -0.15) is 0 Å². The lowest BCUT2D eigenvalue weighted by Gasteiger charge is -1.88. The van der Waals surface area contributed by atoms with Crippen LogP contribution < -0.4 is 5.50 Å². The third-order valence-electron chi connectivity index (χ3n) is 0.220. The highest BCUT2D eigenvalue weighted by molar-refractivity contribution is 8.69. The summed E-state index contributed by atoms with van der Waals surface area (Å²) in [5.74, 6) is 0. The summed E-state index contributed by atoms with van der Waals surface area (Å²) in [5.41, 5.74) is 5.11. The van der Waals surface area contributed by atoms with Crippen molar-refractivity contribution in [1.29, 1.82) is 0 Å². The second-order valence-electron chi connectivity index (χ2n) is 0.555. The van der Waals surface area contributed by atoms with E-state index in [4.69, 9.17) is 5.50 Å². The summed E-state index contributed by atoms with van der Waals surface area (Å²) in [4.78, 5) is 0. The van der Waals surface area contributed by atoms with E-state index in [0.29, 0.717) is 8.42 Å². The summed E-state index contributed by atoms with van der Waals surface area (Å²) in [7, 11) is 2.97. The van der Waals surface area contributed by atoms with Crippen molar-refractivity contribution in [3.8, 4) is 0 Å². The lowest BCUT2D eigenvalue weighted by molar-refractivity contribution is 0.605. The Balaban J connectivity index is 2.96. The van der Waals surface area contributed by atoms with Crippen molar-refractivity contribution in [2.24, 2.45) is 5.50 Å². The SMILES string of the molecule is NPP(P)P=O. The smallest absolute Gasteiger partial charge is 0.191 e. The van der Waals surface area contributed by atoms with Gasteiger partial charge < -0.3 is 5.50 Å². The summed E-state index contributed by atoms with van der Waals surface area (Å²) in [6.45, 7) is -0.437. The molecule has 2 N–H and O–H groups in total. The summed E-state index contributed by atoms with van der Waals surface area (Å²) in [5, 5.41) is 0. The first-order valence-corrected chi connectivity index (χ1v) is 7.55. The highest BCUT2D eigenvalue weighted by atomic mass is 32.7. The Labute approximate surface area is 43.3 Å². The lowest BCUT2D eigenvalue weighted by atomic mass is 13.9. The average Bonchev–Trinajstić information content (AvgIpc) is 1.65. The van der Waals surface area contributed by atoms with Gasteiger partial charge in [0.25, 0.3) is 0 Å². The van der Waals surface area contributed by atoms with Gasteiger partial charge in [0.2, 0.25) is 0 Å². The first kappa shape index (κ1) is 7.35. The lowest BCUT2D eigenvalue weighted by Crippen LogP contribution is -1.58. The van der Waals surface area contributed by atoms with E-state index in [9.17, 15) is 4.57 Å². The Morgan fingerprint density at radius 1 is 2.00 bits per heavy atom. The Bertz CT molecular complexity index is 44.8. The molecule has 6 heteroatoms. The van der Waals surface area contributed by atoms with E-state index in [2.05, 4.69) is 8.93 Å². The molecule has 0 bridgehead atoms. The van der Waals surface area contributed by atoms with Gasteiger partial charge in [0.05, 0.1) is 0 Å². The van der Waals surface area contributed by atoms with Crippen molar-refractivity contribution in [3.63, 3.8) is 0 Å². The maximum absolute atomic E-state index is 9.77. The van der Waals surface area contributed by atoms with E-state index < -0.39 is 6.99 Å². The largest absolute Gasteiger partial charge is 0.308 e. The molecular weight excluding hydrogens is 154 g/mol. The molecule has 3 atom stereocenters. The fourth-order valence-corrected chi connectivity index (χ4v) is 0.636. The van der Waals surface area contributed by atoms with Gasteiger partial charge in [-0.25, -0.2) is 0 Å². The zero-order chi connectivity index (χ0) is 4.99. The molecule has 3 unspecified atom stereocenters. The van der Waals surface area contributed by atoms with Crippen LogP contribution in [0.25, 0.3) is 0 Å². The minimum atomic E-state index is -0.437. The molecule has 0 saturated heterocycles. The van der Waals surface area contributed by atoms with Crippen LogP contribution in [0.1, 0.15) is 0 Å². The minimum absolute atomic E-state index is 0.193. The van der Waals surface area contributed by atoms with Crippen LogP contribution in [-0.2, 0) is 4.57 Å². The van der Waals surface area contributed by atoms with Gasteiger partial charge in [-0.15, -0.1) is 0 Å². The summed E-state index contributed by atoms with van der Waals surface area (Å²) in [6.07, 6.45) is 0. The predicted molar refractivity (Wildman–Crippen MR) is 36.7 cm³/mol. The van der Waals surface area contributed by atoms with E-state index in [1.54, 1.807) is 0 Å². The summed E-state index contributed by atoms with van der Waals surface area (Å²) in [6, 6.07) is 0. The number of nitrogens with two attached hydrogens (primary N) is 1. The van der Waals surface area contributed by atoms with Crippen molar-refractivity contribution < 1.29 is 4.57 Å². The van der Waals surface area contributed by atoms with Crippen LogP contribution in [0.15, 0.2) is 0 Å². The van der Waals surface area contributed by atoms with Gasteiger partial charge >= 0.3 is 0 Å². The van der Waals surface area contributed by atoms with Crippen LogP contribution in [0, 0.1) is 0 Å². The topological polar surface area (TPSA) is 43.1 Å². The first-order valence-electron chi connectivity index (χ1n) is 1.15. The number of rotatable bonds is 2. The molecule has 0 aromatic rings. The van der Waals surface area contributed by atoms with Crippen molar-refractivity contribution in [3.05, 3.63) is 0 Å². The molecule has 0 radical (unpaired) electrons. The average molecular weight is 159 g/mol. The zero-order valence-corrected chi connectivity index (χ0v) is 6.90. The maximum atomic E-state index is 9.77. The Hall–Kier alpha value is 1.35. The van der Waals surface area contributed by atoms with Gasteiger partial charge in [0.1, 0.15) is 0 Å². The van der Waals surface area contributed by atoms with Crippen LogP contribution in [0.2, 0.25) is 0 Å². The highest BCUT2D eigenvalue weighted by Gasteiger charge is 1.91. The van der Waals surface area contributed by atoms with Gasteiger partial charge in [-0.3, -0.25) is 4.57 Å². The second kappa shape index (κ2) is 4.51. The van der Waals surface area contributed by atoms with Gasteiger partial charge in [0, 0.05) is 6.99 Å². The predicted octanol–water partition coefficient (Wildman–Crippen LogP) is 1.93. The molecule has 0 saturated carbocycles. The zero-order valence-electron chi connectivity index (χ0n) is 2.96. The molecule has 0 heterocycles. The van der Waals surface area contributed by atoms with Crippen LogP contribution in [0.5, 0.6) is 0 Å². The standard InChI is InChI=1S/H5NOP4/c1-4-6(3)5-2/h4H,1,3H2. The van der Waals surface area contributed by atoms with E-state index in [1.807, 2.05) is 0 Å². The Kier molecular flexibility index (Phi) is 5.52. The third kappa shape index (κ3) is 3.54. The van der Waals surface area contributed by atoms with Gasteiger partial charge in [-0.1, -0.05) is 8.93 Å². The monoisotopic (exact) mass is 159 g/mol. The Morgan fingerprint density at radius 3 is 2.50 bits per heavy atom. The molecule has 6 heavy (non-hydrogen) atoms. The molecule has 36 valence electrons. The maximum Gasteiger partial charge on any atom is 0.191 e. The second-order valence-corrected chi connectivity index (χ2v) is 11.2. The molecule has 2 nitrogen and oxygen atoms in total. The summed E-state index contributed by atoms with van der Waals surface area (Å²) >= 11 is 0. The third-order valence-corrected chi connectivity index (χ3v) is 5.95. The fraction of sp³-hybridized carbons (Fsp3) is 0. The molecule has 0 aliphatic heterocycles. The molecule has 0 spiro atoms. The Morgan fingerprint density at radius 2 is 2.50 bits per heavy atom. The molecule has 0 aliphatic carbocycles. The van der Waals surface area contributed by atoms with E-state index in [-0.39, 0.29) is 8.15 Å². The van der Waals surface area contributed by atoms with Crippen molar-refractivity contribution >= 4 is 32.5 Å². The molecule has 0 rings (SSSR count). The van der Waals surface area contributed by atoms with Crippen LogP contribution >= 0.6 is 32.5 Å². The number of hydrogen-bond donors (Lipinski definition) is 1. The van der Waals surface area contributed by atoms with E-state index in [1.165, 1.54) is 0 Å². The molecule has 0 aromatic carbocycles. The van der Waals surface area contributed by atoms with Crippen LogP contribution in [0.4, 0.5) is 0 Å². The van der Waals surface area contributed by atoms with E-state index in [0.717, 1.165) is 0 Å². The fourth-order valence-electron chi connectivity index (χ4n) is 0.0236. The van der Waals surface area contributed by atoms with Crippen LogP contribution in [-0.4, -0.2) is 0 Å². The first-order chi connectivity index (χ1) is 2.81. The van der Waals surface area contributed by atoms with Crippen LogP contribution in [0.3, 0.4) is 0 Å². The molecular formula is H5NOP4. The quantitative estimate of drug-likeness (QED) is 0.625.